The Labute approximate surface area is 235 Å². The quantitative estimate of drug-likeness (QED) is 0.280. The van der Waals surface area contributed by atoms with Crippen molar-refractivity contribution in [1.29, 1.82) is 0 Å². The van der Waals surface area contributed by atoms with Crippen LogP contribution in [-0.2, 0) is 44.5 Å². The molecule has 2 heterocycles. The van der Waals surface area contributed by atoms with Gasteiger partial charge in [0.2, 0.25) is 11.9 Å². The van der Waals surface area contributed by atoms with Crippen LogP contribution in [0, 0.1) is 12.7 Å². The van der Waals surface area contributed by atoms with Crippen LogP contribution in [0.3, 0.4) is 0 Å². The van der Waals surface area contributed by atoms with Crippen LogP contribution in [-0.4, -0.2) is 48.6 Å². The van der Waals surface area contributed by atoms with Gasteiger partial charge in [0.15, 0.2) is 12.2 Å². The van der Waals surface area contributed by atoms with Gasteiger partial charge in [-0.15, -0.1) is 11.3 Å². The van der Waals surface area contributed by atoms with Crippen molar-refractivity contribution in [2.45, 2.75) is 58.5 Å². The average molecular weight is 569 g/mol. The minimum Gasteiger partial charge on any atom is -0.463 e. The van der Waals surface area contributed by atoms with Gasteiger partial charge in [-0.05, 0) is 53.4 Å². The van der Waals surface area contributed by atoms with Crippen molar-refractivity contribution >= 4 is 35.0 Å². The number of ether oxygens (including phenoxy) is 4. The lowest BCUT2D eigenvalue weighted by atomic mass is 9.90. The third-order valence-electron chi connectivity index (χ3n) is 6.40. The molecule has 0 N–H and O–H groups in total. The molecule has 210 valence electrons. The normalized spacial score (nSPS) is 20.6. The fourth-order valence-electron chi connectivity index (χ4n) is 4.52. The lowest BCUT2D eigenvalue weighted by Gasteiger charge is -2.39. The molecule has 0 saturated carbocycles. The first-order chi connectivity index (χ1) is 19.0. The Morgan fingerprint density at radius 1 is 0.925 bits per heavy atom. The molecule has 1 aliphatic heterocycles. The molecule has 0 spiro atoms. The minimum absolute atomic E-state index is 0.294. The second-order valence-electron chi connectivity index (χ2n) is 9.49. The Kier molecular flexibility index (Phi) is 9.11. The molecule has 1 aromatic heterocycles. The lowest BCUT2D eigenvalue weighted by molar-refractivity contribution is -0.210. The first-order valence-corrected chi connectivity index (χ1v) is 13.4. The predicted molar refractivity (Wildman–Crippen MR) is 144 cm³/mol. The van der Waals surface area contributed by atoms with Crippen LogP contribution < -0.4 is 0 Å². The zero-order valence-corrected chi connectivity index (χ0v) is 23.3. The molecule has 4 rings (SSSR count). The molecule has 40 heavy (non-hydrogen) atoms. The van der Waals surface area contributed by atoms with E-state index in [4.69, 9.17) is 18.9 Å². The van der Waals surface area contributed by atoms with Crippen LogP contribution in [0.2, 0.25) is 0 Å². The van der Waals surface area contributed by atoms with Crippen molar-refractivity contribution in [3.63, 3.8) is 0 Å². The van der Waals surface area contributed by atoms with Crippen LogP contribution in [0.4, 0.5) is 4.39 Å². The summed E-state index contributed by atoms with van der Waals surface area (Å²) in [6, 6.07) is 15.9. The third kappa shape index (κ3) is 7.00. The molecular formula is C30H29FO8S. The van der Waals surface area contributed by atoms with E-state index in [1.54, 1.807) is 29.5 Å². The summed E-state index contributed by atoms with van der Waals surface area (Å²) in [7, 11) is 0. The average Bonchev–Trinajstić information content (AvgIpc) is 3.35. The van der Waals surface area contributed by atoms with E-state index < -0.39 is 48.1 Å². The van der Waals surface area contributed by atoms with Gasteiger partial charge in [0.25, 0.3) is 0 Å². The number of hydrogen-bond acceptors (Lipinski definition) is 9. The number of esters is 3. The number of hydrogen-bond donors (Lipinski definition) is 0. The standard InChI is InChI=1S/C30H29FO8S/c1-16-5-6-21(13-22(16)14-24-11-12-26(40-24)20-7-9-23(31)10-8-20)28-30(38-19(4)34)29(37-18(3)33)27(35)25(39-28)15-36-17(2)32/h5-13,25,28-30H,14-15H2,1-4H3/t25-,28+,29+,30?/m1/s1. The van der Waals surface area contributed by atoms with Gasteiger partial charge >= 0.3 is 17.9 Å². The molecule has 1 fully saturated rings. The van der Waals surface area contributed by atoms with E-state index in [1.165, 1.54) is 26.0 Å². The summed E-state index contributed by atoms with van der Waals surface area (Å²) in [6.07, 6.45) is -4.32. The molecule has 0 bridgehead atoms. The summed E-state index contributed by atoms with van der Waals surface area (Å²) in [5, 5.41) is 0. The zero-order chi connectivity index (χ0) is 29.0. The van der Waals surface area contributed by atoms with E-state index in [9.17, 15) is 23.6 Å². The van der Waals surface area contributed by atoms with E-state index in [1.807, 2.05) is 31.2 Å². The lowest BCUT2D eigenvalue weighted by Crippen LogP contribution is -2.55. The Bertz CT molecular complexity index is 1410. The van der Waals surface area contributed by atoms with Crippen LogP contribution >= 0.6 is 11.3 Å². The molecule has 1 unspecified atom stereocenters. The molecule has 4 atom stereocenters. The molecular weight excluding hydrogens is 539 g/mol. The highest BCUT2D eigenvalue weighted by Crippen LogP contribution is 2.36. The van der Waals surface area contributed by atoms with Gasteiger partial charge in [-0.25, -0.2) is 4.39 Å². The molecule has 3 aromatic rings. The number of halogens is 1. The Morgan fingerprint density at radius 3 is 2.27 bits per heavy atom. The fourth-order valence-corrected chi connectivity index (χ4v) is 5.55. The fraction of sp³-hybridized carbons (Fsp3) is 0.333. The topological polar surface area (TPSA) is 105 Å². The van der Waals surface area contributed by atoms with Crippen molar-refractivity contribution in [2.24, 2.45) is 0 Å². The van der Waals surface area contributed by atoms with Gasteiger partial charge in [-0.3, -0.25) is 19.2 Å². The summed E-state index contributed by atoms with van der Waals surface area (Å²) in [6.45, 7) is 5.12. The Hall–Kier alpha value is -3.89. The maximum absolute atomic E-state index is 13.3. The first kappa shape index (κ1) is 29.1. The number of ketones is 1. The van der Waals surface area contributed by atoms with Crippen molar-refractivity contribution in [1.82, 2.24) is 0 Å². The Morgan fingerprint density at radius 2 is 1.62 bits per heavy atom. The van der Waals surface area contributed by atoms with E-state index >= 15 is 0 Å². The maximum atomic E-state index is 13.3. The number of carbonyl (C=O) groups is 4. The monoisotopic (exact) mass is 568 g/mol. The smallest absolute Gasteiger partial charge is 0.303 e. The van der Waals surface area contributed by atoms with E-state index in [-0.39, 0.29) is 12.4 Å². The SMILES string of the molecule is CC(=O)OC[C@H]1O[C@@H](c2ccc(C)c(Cc3ccc(-c4ccc(F)cc4)s3)c2)C(OC(C)=O)[C@@H](OC(C)=O)C1=O. The number of Topliss-reactive ketones (excluding diaryl/α,β-unsaturated/α-hetero) is 1. The molecule has 1 saturated heterocycles. The predicted octanol–water partition coefficient (Wildman–Crippen LogP) is 4.89. The number of benzene rings is 2. The van der Waals surface area contributed by atoms with E-state index in [0.29, 0.717) is 12.0 Å². The molecule has 0 amide bonds. The number of thiophene rings is 1. The molecule has 1 aliphatic rings. The molecule has 8 nitrogen and oxygen atoms in total. The number of carbonyl (C=O) groups excluding carboxylic acids is 4. The molecule has 2 aromatic carbocycles. The second kappa shape index (κ2) is 12.5. The number of rotatable bonds is 8. The van der Waals surface area contributed by atoms with Gasteiger partial charge in [0.05, 0.1) is 0 Å². The highest BCUT2D eigenvalue weighted by molar-refractivity contribution is 7.15. The van der Waals surface area contributed by atoms with Gasteiger partial charge < -0.3 is 18.9 Å². The van der Waals surface area contributed by atoms with E-state index in [0.717, 1.165) is 33.4 Å². The van der Waals surface area contributed by atoms with Gasteiger partial charge in [0.1, 0.15) is 18.5 Å². The zero-order valence-electron chi connectivity index (χ0n) is 22.5. The van der Waals surface area contributed by atoms with Gasteiger partial charge in [0, 0.05) is 36.9 Å². The van der Waals surface area contributed by atoms with Crippen LogP contribution in [0.25, 0.3) is 10.4 Å². The summed E-state index contributed by atoms with van der Waals surface area (Å²) in [4.78, 5) is 50.5. The maximum Gasteiger partial charge on any atom is 0.303 e. The summed E-state index contributed by atoms with van der Waals surface area (Å²) >= 11 is 1.59. The highest BCUT2D eigenvalue weighted by Gasteiger charge is 2.50. The highest BCUT2D eigenvalue weighted by atomic mass is 32.1. The Balaban J connectivity index is 1.66. The first-order valence-electron chi connectivity index (χ1n) is 12.6. The van der Waals surface area contributed by atoms with Crippen LogP contribution in [0.1, 0.15) is 48.4 Å². The van der Waals surface area contributed by atoms with Crippen molar-refractivity contribution in [3.05, 3.63) is 82.0 Å². The summed E-state index contributed by atoms with van der Waals surface area (Å²) in [5.74, 6) is -2.98. The molecule has 0 radical (unpaired) electrons. The molecule has 10 heteroatoms. The summed E-state index contributed by atoms with van der Waals surface area (Å²) in [5.41, 5.74) is 3.49. The van der Waals surface area contributed by atoms with Crippen LogP contribution in [0.5, 0.6) is 0 Å². The second-order valence-corrected chi connectivity index (χ2v) is 10.7. The molecule has 0 aliphatic carbocycles. The number of aryl methyl sites for hydroxylation is 1. The minimum atomic E-state index is -1.44. The van der Waals surface area contributed by atoms with Gasteiger partial charge in [-0.1, -0.05) is 30.3 Å². The van der Waals surface area contributed by atoms with Crippen molar-refractivity contribution in [3.8, 4) is 10.4 Å². The third-order valence-corrected chi connectivity index (χ3v) is 7.53. The summed E-state index contributed by atoms with van der Waals surface area (Å²) < 4.78 is 35.2. The van der Waals surface area contributed by atoms with E-state index in [2.05, 4.69) is 0 Å². The van der Waals surface area contributed by atoms with Crippen molar-refractivity contribution < 1.29 is 42.5 Å². The largest absolute Gasteiger partial charge is 0.463 e. The van der Waals surface area contributed by atoms with Crippen molar-refractivity contribution in [2.75, 3.05) is 6.61 Å². The van der Waals surface area contributed by atoms with Gasteiger partial charge in [-0.2, -0.15) is 0 Å². The van der Waals surface area contributed by atoms with Crippen LogP contribution in [0.15, 0.2) is 54.6 Å².